The third-order valence-electron chi connectivity index (χ3n) is 2.53. The molecule has 0 aromatic heterocycles. The molecule has 1 saturated heterocycles. The maximum Gasteiger partial charge on any atom is 0.161 e. The van der Waals surface area contributed by atoms with E-state index in [-0.39, 0.29) is 0 Å². The third-order valence-corrected chi connectivity index (χ3v) is 3.83. The largest absolute Gasteiger partial charge is 0.493 e. The highest BCUT2D eigenvalue weighted by Crippen LogP contribution is 2.32. The molecule has 2 rings (SSSR count). The second-order valence-corrected chi connectivity index (χ2v) is 4.68. The van der Waals surface area contributed by atoms with Gasteiger partial charge >= 0.3 is 0 Å². The van der Waals surface area contributed by atoms with E-state index in [1.54, 1.807) is 14.2 Å². The van der Waals surface area contributed by atoms with Crippen LogP contribution in [0.1, 0.15) is 10.9 Å². The average molecular weight is 226 g/mol. The second-order valence-electron chi connectivity index (χ2n) is 3.43. The number of hydrogen-bond acceptors (Lipinski definition) is 3. The lowest BCUT2D eigenvalue weighted by Crippen LogP contribution is -2.81. The van der Waals surface area contributed by atoms with Gasteiger partial charge in [-0.2, -0.15) is 0 Å². The molecule has 0 amide bonds. The molecular formula is C11H16NO2S+. The molecule has 82 valence electrons. The standard InChI is InChI=1S/C11H15NO2S/c1-13-9-4-3-8(7-10(9)14-2)11-12-5-6-15-11/h3-4,7,11-12H,5-6H2,1-2H3/p+1/t11-/m1/s1. The van der Waals surface area contributed by atoms with Crippen molar-refractivity contribution in [1.82, 2.24) is 0 Å². The van der Waals surface area contributed by atoms with Crippen molar-refractivity contribution in [3.05, 3.63) is 23.8 Å². The van der Waals surface area contributed by atoms with E-state index in [0.29, 0.717) is 5.37 Å². The predicted molar refractivity (Wildman–Crippen MR) is 61.5 cm³/mol. The number of ether oxygens (including phenoxy) is 2. The fourth-order valence-corrected chi connectivity index (χ4v) is 2.88. The Balaban J connectivity index is 2.25. The minimum Gasteiger partial charge on any atom is -0.493 e. The number of thioether (sulfide) groups is 1. The molecule has 1 aromatic carbocycles. The number of methoxy groups -OCH3 is 2. The predicted octanol–water partition coefficient (Wildman–Crippen LogP) is 1.01. The van der Waals surface area contributed by atoms with Crippen molar-refractivity contribution >= 4 is 11.8 Å². The maximum atomic E-state index is 5.29. The van der Waals surface area contributed by atoms with Crippen LogP contribution in [0.2, 0.25) is 0 Å². The molecule has 1 atom stereocenters. The van der Waals surface area contributed by atoms with E-state index >= 15 is 0 Å². The molecule has 0 spiro atoms. The van der Waals surface area contributed by atoms with Gasteiger partial charge in [0.1, 0.15) is 0 Å². The Kier molecular flexibility index (Phi) is 3.38. The monoisotopic (exact) mass is 226 g/mol. The fraction of sp³-hybridized carbons (Fsp3) is 0.455. The maximum absolute atomic E-state index is 5.29. The van der Waals surface area contributed by atoms with Crippen LogP contribution in [0.5, 0.6) is 11.5 Å². The Morgan fingerprint density at radius 1 is 1.27 bits per heavy atom. The molecule has 2 N–H and O–H groups in total. The van der Waals surface area contributed by atoms with Gasteiger partial charge in [0.15, 0.2) is 16.9 Å². The number of benzene rings is 1. The van der Waals surface area contributed by atoms with Crippen LogP contribution in [-0.4, -0.2) is 26.5 Å². The molecule has 15 heavy (non-hydrogen) atoms. The number of hydrogen-bond donors (Lipinski definition) is 1. The van der Waals surface area contributed by atoms with Crippen molar-refractivity contribution < 1.29 is 14.8 Å². The van der Waals surface area contributed by atoms with Crippen molar-refractivity contribution in [3.63, 3.8) is 0 Å². The summed E-state index contributed by atoms with van der Waals surface area (Å²) in [5.74, 6) is 2.83. The molecule has 0 radical (unpaired) electrons. The van der Waals surface area contributed by atoms with Gasteiger partial charge in [-0.15, -0.1) is 0 Å². The average Bonchev–Trinajstić information content (AvgIpc) is 2.81. The SMILES string of the molecule is COc1ccc([C@@H]2[NH2+]CCS2)cc1OC. The summed E-state index contributed by atoms with van der Waals surface area (Å²) in [6, 6.07) is 6.15. The van der Waals surface area contributed by atoms with Crippen molar-refractivity contribution in [2.24, 2.45) is 0 Å². The molecular weight excluding hydrogens is 210 g/mol. The third kappa shape index (κ3) is 2.21. The Morgan fingerprint density at radius 3 is 2.67 bits per heavy atom. The Hall–Kier alpha value is -0.870. The van der Waals surface area contributed by atoms with Crippen LogP contribution in [0, 0.1) is 0 Å². The Labute approximate surface area is 94.2 Å². The molecule has 1 aromatic rings. The van der Waals surface area contributed by atoms with Gasteiger partial charge in [-0.1, -0.05) is 11.8 Å². The molecule has 1 aliphatic heterocycles. The molecule has 1 aliphatic rings. The highest BCUT2D eigenvalue weighted by Gasteiger charge is 2.22. The topological polar surface area (TPSA) is 35.1 Å². The highest BCUT2D eigenvalue weighted by molar-refractivity contribution is 7.99. The van der Waals surface area contributed by atoms with Gasteiger partial charge in [-0.3, -0.25) is 0 Å². The van der Waals surface area contributed by atoms with Gasteiger partial charge in [0.05, 0.1) is 20.8 Å². The van der Waals surface area contributed by atoms with Crippen LogP contribution >= 0.6 is 11.8 Å². The lowest BCUT2D eigenvalue weighted by Gasteiger charge is -2.11. The highest BCUT2D eigenvalue weighted by atomic mass is 32.2. The summed E-state index contributed by atoms with van der Waals surface area (Å²) < 4.78 is 10.5. The molecule has 1 fully saturated rings. The zero-order valence-corrected chi connectivity index (χ0v) is 9.84. The summed E-state index contributed by atoms with van der Waals surface area (Å²) in [7, 11) is 3.33. The van der Waals surface area contributed by atoms with Gasteiger partial charge in [-0.05, 0) is 18.2 Å². The number of quaternary nitrogens is 1. The first-order valence-corrected chi connectivity index (χ1v) is 6.07. The van der Waals surface area contributed by atoms with Gasteiger partial charge in [0, 0.05) is 11.3 Å². The van der Waals surface area contributed by atoms with E-state index < -0.39 is 0 Å². The van der Waals surface area contributed by atoms with E-state index in [9.17, 15) is 0 Å². The van der Waals surface area contributed by atoms with Crippen LogP contribution in [-0.2, 0) is 0 Å². The summed E-state index contributed by atoms with van der Waals surface area (Å²) in [6.07, 6.45) is 0. The van der Waals surface area contributed by atoms with Gasteiger partial charge in [0.25, 0.3) is 0 Å². The van der Waals surface area contributed by atoms with Gasteiger partial charge in [-0.25, -0.2) is 0 Å². The summed E-state index contributed by atoms with van der Waals surface area (Å²) in [5.41, 5.74) is 1.30. The Bertz CT molecular complexity index is 337. The van der Waals surface area contributed by atoms with Crippen LogP contribution in [0.25, 0.3) is 0 Å². The normalized spacial score (nSPS) is 20.3. The minimum absolute atomic E-state index is 0.518. The number of rotatable bonds is 3. The smallest absolute Gasteiger partial charge is 0.161 e. The quantitative estimate of drug-likeness (QED) is 0.835. The molecule has 0 bridgehead atoms. The van der Waals surface area contributed by atoms with E-state index in [4.69, 9.17) is 9.47 Å². The fourth-order valence-electron chi connectivity index (χ4n) is 1.74. The summed E-state index contributed by atoms with van der Waals surface area (Å²) in [4.78, 5) is 0. The van der Waals surface area contributed by atoms with E-state index in [1.165, 1.54) is 17.9 Å². The first-order valence-electron chi connectivity index (χ1n) is 5.02. The molecule has 3 nitrogen and oxygen atoms in total. The van der Waals surface area contributed by atoms with Crippen LogP contribution in [0.4, 0.5) is 0 Å². The van der Waals surface area contributed by atoms with E-state index in [0.717, 1.165) is 11.5 Å². The van der Waals surface area contributed by atoms with Crippen molar-refractivity contribution in [2.75, 3.05) is 26.5 Å². The first kappa shape index (κ1) is 10.6. The molecule has 1 heterocycles. The molecule has 0 aliphatic carbocycles. The van der Waals surface area contributed by atoms with Crippen LogP contribution in [0.3, 0.4) is 0 Å². The van der Waals surface area contributed by atoms with Crippen molar-refractivity contribution in [1.29, 1.82) is 0 Å². The van der Waals surface area contributed by atoms with E-state index in [2.05, 4.69) is 17.4 Å². The minimum atomic E-state index is 0.518. The van der Waals surface area contributed by atoms with Crippen molar-refractivity contribution in [2.45, 2.75) is 5.37 Å². The lowest BCUT2D eigenvalue weighted by molar-refractivity contribution is -0.663. The molecule has 0 unspecified atom stereocenters. The number of nitrogens with two attached hydrogens (primary N) is 1. The molecule has 0 saturated carbocycles. The summed E-state index contributed by atoms with van der Waals surface area (Å²) >= 11 is 1.98. The lowest BCUT2D eigenvalue weighted by atomic mass is 10.2. The molecule has 4 heteroatoms. The van der Waals surface area contributed by atoms with Crippen LogP contribution in [0.15, 0.2) is 18.2 Å². The Morgan fingerprint density at radius 2 is 2.07 bits per heavy atom. The van der Waals surface area contributed by atoms with Crippen molar-refractivity contribution in [3.8, 4) is 11.5 Å². The zero-order valence-electron chi connectivity index (χ0n) is 9.03. The second kappa shape index (κ2) is 4.77. The summed E-state index contributed by atoms with van der Waals surface area (Å²) in [5, 5.41) is 2.87. The summed E-state index contributed by atoms with van der Waals surface area (Å²) in [6.45, 7) is 1.20. The van der Waals surface area contributed by atoms with Gasteiger partial charge < -0.3 is 14.8 Å². The van der Waals surface area contributed by atoms with Gasteiger partial charge in [0.2, 0.25) is 0 Å². The van der Waals surface area contributed by atoms with Crippen LogP contribution < -0.4 is 14.8 Å². The zero-order chi connectivity index (χ0) is 10.7. The van der Waals surface area contributed by atoms with E-state index in [1.807, 2.05) is 17.8 Å². The first-order chi connectivity index (χ1) is 7.35.